The molecule has 0 saturated heterocycles. The van der Waals surface area contributed by atoms with Crippen molar-refractivity contribution >= 4 is 56.4 Å². The highest BCUT2D eigenvalue weighted by atomic mass is 35.5. The summed E-state index contributed by atoms with van der Waals surface area (Å²) in [7, 11) is -0.875. The van der Waals surface area contributed by atoms with E-state index in [4.69, 9.17) is 21.1 Å². The molecule has 0 fully saturated rings. The zero-order valence-corrected chi connectivity index (χ0v) is 20.1. The Morgan fingerprint density at radius 3 is 2.69 bits per heavy atom. The molecule has 8 nitrogen and oxygen atoms in total. The topological polar surface area (TPSA) is 111 Å². The Bertz CT molecular complexity index is 1150. The fourth-order valence-electron chi connectivity index (χ4n) is 3.13. The van der Waals surface area contributed by atoms with Crippen LogP contribution in [0.5, 0.6) is 11.5 Å². The number of benzene rings is 2. The van der Waals surface area contributed by atoms with Gasteiger partial charge in [0.15, 0.2) is 9.84 Å². The molecule has 0 bridgehead atoms. The van der Waals surface area contributed by atoms with E-state index in [0.717, 1.165) is 4.90 Å². The first-order chi connectivity index (χ1) is 15.1. The Morgan fingerprint density at radius 2 is 2.00 bits per heavy atom. The van der Waals surface area contributed by atoms with E-state index in [1.54, 1.807) is 12.1 Å². The average Bonchev–Trinajstić information content (AvgIpc) is 2.88. The number of carbonyl (C=O) groups is 2. The van der Waals surface area contributed by atoms with E-state index in [1.165, 1.54) is 44.2 Å². The van der Waals surface area contributed by atoms with Crippen molar-refractivity contribution in [3.8, 4) is 11.5 Å². The van der Waals surface area contributed by atoms with Crippen LogP contribution in [0.4, 0.5) is 11.4 Å². The molecule has 11 heteroatoms. The zero-order chi connectivity index (χ0) is 23.5. The zero-order valence-electron chi connectivity index (χ0n) is 17.7. The second-order valence-electron chi connectivity index (χ2n) is 7.14. The van der Waals surface area contributed by atoms with Crippen molar-refractivity contribution in [3.05, 3.63) is 35.4 Å². The Morgan fingerprint density at radius 1 is 1.25 bits per heavy atom. The lowest BCUT2D eigenvalue weighted by Gasteiger charge is -2.14. The van der Waals surface area contributed by atoms with Gasteiger partial charge in [0.25, 0.3) is 0 Å². The van der Waals surface area contributed by atoms with Gasteiger partial charge in [-0.25, -0.2) is 8.42 Å². The first kappa shape index (κ1) is 24.2. The molecule has 0 spiro atoms. The van der Waals surface area contributed by atoms with E-state index >= 15 is 0 Å². The number of fused-ring (bicyclic) bond motifs is 1. The van der Waals surface area contributed by atoms with Crippen molar-refractivity contribution in [3.63, 3.8) is 0 Å². The number of thioether (sulfide) groups is 1. The molecular weight excluding hydrogens is 476 g/mol. The summed E-state index contributed by atoms with van der Waals surface area (Å²) >= 11 is 7.70. The summed E-state index contributed by atoms with van der Waals surface area (Å²) in [4.78, 5) is 25.3. The number of rotatable bonds is 7. The molecule has 0 aliphatic carbocycles. The van der Waals surface area contributed by atoms with Crippen LogP contribution in [0, 0.1) is 0 Å². The standard InChI is InChI=1S/C21H23ClN2O6S2/c1-12-8-20(26)23-16-11-14(4-5-18(16)31-12)32(27,28)7-6-19(25)24-21-15(22)9-13(29-2)10-17(21)30-3/h4-5,9-12H,6-8H2,1-3H3,(H,23,26)(H,24,25)/t12-/m1/s1. The van der Waals surface area contributed by atoms with Gasteiger partial charge in [0.1, 0.15) is 17.2 Å². The van der Waals surface area contributed by atoms with Gasteiger partial charge in [-0.2, -0.15) is 0 Å². The minimum Gasteiger partial charge on any atom is -0.497 e. The van der Waals surface area contributed by atoms with E-state index < -0.39 is 21.5 Å². The van der Waals surface area contributed by atoms with Crippen LogP contribution in [0.3, 0.4) is 0 Å². The lowest BCUT2D eigenvalue weighted by Crippen LogP contribution is -2.18. The van der Waals surface area contributed by atoms with E-state index in [-0.39, 0.29) is 33.2 Å². The minimum absolute atomic E-state index is 0.0413. The maximum absolute atomic E-state index is 12.8. The molecule has 2 amide bonds. The maximum atomic E-state index is 12.8. The summed E-state index contributed by atoms with van der Waals surface area (Å²) < 4.78 is 36.0. The summed E-state index contributed by atoms with van der Waals surface area (Å²) in [6.07, 6.45) is 0.0576. The predicted molar refractivity (Wildman–Crippen MR) is 125 cm³/mol. The number of sulfone groups is 1. The molecule has 0 unspecified atom stereocenters. The van der Waals surface area contributed by atoms with Crippen molar-refractivity contribution in [2.24, 2.45) is 0 Å². The maximum Gasteiger partial charge on any atom is 0.225 e. The highest BCUT2D eigenvalue weighted by Gasteiger charge is 2.23. The molecule has 32 heavy (non-hydrogen) atoms. The molecule has 172 valence electrons. The van der Waals surface area contributed by atoms with E-state index in [1.807, 2.05) is 6.92 Å². The van der Waals surface area contributed by atoms with Gasteiger partial charge in [0.2, 0.25) is 11.8 Å². The van der Waals surface area contributed by atoms with Gasteiger partial charge in [-0.15, -0.1) is 11.8 Å². The number of hydrogen-bond donors (Lipinski definition) is 2. The molecule has 1 aliphatic rings. The van der Waals surface area contributed by atoms with E-state index in [9.17, 15) is 18.0 Å². The van der Waals surface area contributed by atoms with Crippen LogP contribution in [-0.4, -0.2) is 45.5 Å². The van der Waals surface area contributed by atoms with Gasteiger partial charge in [0.05, 0.1) is 35.6 Å². The number of methoxy groups -OCH3 is 2. The predicted octanol–water partition coefficient (Wildman–Crippen LogP) is 3.98. The molecule has 1 atom stereocenters. The summed E-state index contributed by atoms with van der Waals surface area (Å²) in [5.41, 5.74) is 0.695. The average molecular weight is 499 g/mol. The van der Waals surface area contributed by atoms with Crippen LogP contribution >= 0.6 is 23.4 Å². The highest BCUT2D eigenvalue weighted by Crippen LogP contribution is 2.38. The normalized spacial score (nSPS) is 15.9. The number of amides is 2. The largest absolute Gasteiger partial charge is 0.497 e. The van der Waals surface area contributed by atoms with Gasteiger partial charge in [0, 0.05) is 35.1 Å². The Hall–Kier alpha value is -2.43. The van der Waals surface area contributed by atoms with Crippen molar-refractivity contribution in [2.75, 3.05) is 30.6 Å². The molecule has 1 aliphatic heterocycles. The number of anilines is 2. The van der Waals surface area contributed by atoms with Gasteiger partial charge in [-0.1, -0.05) is 18.5 Å². The van der Waals surface area contributed by atoms with Crippen LogP contribution in [0.15, 0.2) is 40.1 Å². The molecule has 0 aromatic heterocycles. The number of hydrogen-bond acceptors (Lipinski definition) is 7. The Labute approximate surface area is 195 Å². The van der Waals surface area contributed by atoms with E-state index in [0.29, 0.717) is 23.6 Å². The van der Waals surface area contributed by atoms with Gasteiger partial charge in [-0.05, 0) is 18.2 Å². The van der Waals surface area contributed by atoms with Crippen LogP contribution in [0.25, 0.3) is 0 Å². The number of halogens is 1. The van der Waals surface area contributed by atoms with Gasteiger partial charge in [-0.3, -0.25) is 9.59 Å². The summed E-state index contributed by atoms with van der Waals surface area (Å²) in [6, 6.07) is 7.68. The quantitative estimate of drug-likeness (QED) is 0.593. The fraction of sp³-hybridized carbons (Fsp3) is 0.333. The van der Waals surface area contributed by atoms with Crippen molar-refractivity contribution in [1.29, 1.82) is 0 Å². The first-order valence-corrected chi connectivity index (χ1v) is 12.6. The molecular formula is C21H23ClN2O6S2. The number of nitrogens with one attached hydrogen (secondary N) is 2. The smallest absolute Gasteiger partial charge is 0.225 e. The molecule has 0 saturated carbocycles. The third-order valence-electron chi connectivity index (χ3n) is 4.73. The van der Waals surface area contributed by atoms with Gasteiger partial charge >= 0.3 is 0 Å². The summed E-state index contributed by atoms with van der Waals surface area (Å²) in [6.45, 7) is 1.94. The lowest BCUT2D eigenvalue weighted by molar-refractivity contribution is -0.116. The molecule has 2 N–H and O–H groups in total. The second kappa shape index (κ2) is 10.0. The van der Waals surface area contributed by atoms with Gasteiger partial charge < -0.3 is 20.1 Å². The summed E-state index contributed by atoms with van der Waals surface area (Å²) in [5.74, 6) is -0.367. The summed E-state index contributed by atoms with van der Waals surface area (Å²) in [5, 5.41) is 5.63. The fourth-order valence-corrected chi connectivity index (χ4v) is 5.69. The second-order valence-corrected chi connectivity index (χ2v) is 11.1. The van der Waals surface area contributed by atoms with Crippen molar-refractivity contribution in [2.45, 2.75) is 34.8 Å². The molecule has 2 aromatic rings. The lowest BCUT2D eigenvalue weighted by atomic mass is 10.2. The van der Waals surface area contributed by atoms with Crippen LogP contribution in [-0.2, 0) is 19.4 Å². The third-order valence-corrected chi connectivity index (χ3v) is 7.92. The SMILES string of the molecule is COc1cc(Cl)c(NC(=O)CCS(=O)(=O)c2ccc3c(c2)NC(=O)C[C@@H](C)S3)c(OC)c1. The van der Waals surface area contributed by atoms with Crippen molar-refractivity contribution < 1.29 is 27.5 Å². The Balaban J connectivity index is 1.72. The van der Waals surface area contributed by atoms with Crippen LogP contribution < -0.4 is 20.1 Å². The molecule has 0 radical (unpaired) electrons. The number of ether oxygens (including phenoxy) is 2. The van der Waals surface area contributed by atoms with Crippen LogP contribution in [0.1, 0.15) is 19.8 Å². The molecule has 3 rings (SSSR count). The van der Waals surface area contributed by atoms with Crippen LogP contribution in [0.2, 0.25) is 5.02 Å². The third kappa shape index (κ3) is 5.67. The van der Waals surface area contributed by atoms with E-state index in [2.05, 4.69) is 10.6 Å². The Kier molecular flexibility index (Phi) is 7.58. The number of carbonyl (C=O) groups excluding carboxylic acids is 2. The first-order valence-electron chi connectivity index (χ1n) is 9.67. The minimum atomic E-state index is -3.77. The molecule has 2 aromatic carbocycles. The molecule has 1 heterocycles. The highest BCUT2D eigenvalue weighted by molar-refractivity contribution is 8.00. The monoisotopic (exact) mass is 498 g/mol. The van der Waals surface area contributed by atoms with Crippen molar-refractivity contribution in [1.82, 2.24) is 0 Å².